The molecular formula is C16H22ClN3O3. The average molecular weight is 340 g/mol. The van der Waals surface area contributed by atoms with Crippen LogP contribution in [0.15, 0.2) is 11.0 Å². The van der Waals surface area contributed by atoms with E-state index in [-0.39, 0.29) is 10.4 Å². The molecule has 0 amide bonds. The summed E-state index contributed by atoms with van der Waals surface area (Å²) in [4.78, 5) is 25.3. The van der Waals surface area contributed by atoms with Gasteiger partial charge >= 0.3 is 5.97 Å². The van der Waals surface area contributed by atoms with Crippen molar-refractivity contribution >= 4 is 23.3 Å². The Morgan fingerprint density at radius 1 is 1.48 bits per heavy atom. The highest BCUT2D eigenvalue weighted by molar-refractivity contribution is 6.33. The molecule has 0 spiro atoms. The molecule has 1 aromatic heterocycles. The first-order valence-corrected chi connectivity index (χ1v) is 8.33. The number of hydrogen-bond acceptors (Lipinski definition) is 4. The summed E-state index contributed by atoms with van der Waals surface area (Å²) in [5.74, 6) is -0.531. The van der Waals surface area contributed by atoms with Gasteiger partial charge in [-0.2, -0.15) is 5.10 Å². The SMILES string of the molecule is C[C@H]1[C@H]2C[C@@H](CC(C)(C)C2)N1c1cnn(CC(=O)O)c(=O)c1Cl. The van der Waals surface area contributed by atoms with Crippen molar-refractivity contribution in [2.75, 3.05) is 4.90 Å². The molecule has 2 fully saturated rings. The Hall–Kier alpha value is -1.56. The Morgan fingerprint density at radius 2 is 2.17 bits per heavy atom. The molecule has 1 aliphatic heterocycles. The highest BCUT2D eigenvalue weighted by Crippen LogP contribution is 2.50. The van der Waals surface area contributed by atoms with Gasteiger partial charge in [0.05, 0.1) is 11.9 Å². The van der Waals surface area contributed by atoms with Gasteiger partial charge in [-0.25, -0.2) is 4.68 Å². The zero-order valence-corrected chi connectivity index (χ0v) is 14.4. The first-order valence-electron chi connectivity index (χ1n) is 7.95. The van der Waals surface area contributed by atoms with Crippen molar-refractivity contribution in [3.05, 3.63) is 21.6 Å². The number of aromatic nitrogens is 2. The van der Waals surface area contributed by atoms with Crippen LogP contribution in [0.2, 0.25) is 5.02 Å². The molecule has 0 radical (unpaired) electrons. The van der Waals surface area contributed by atoms with Crippen molar-refractivity contribution in [1.29, 1.82) is 0 Å². The summed E-state index contributed by atoms with van der Waals surface area (Å²) in [6, 6.07) is 0.656. The van der Waals surface area contributed by atoms with Gasteiger partial charge in [0.15, 0.2) is 0 Å². The molecular weight excluding hydrogens is 318 g/mol. The van der Waals surface area contributed by atoms with Crippen LogP contribution in [0.5, 0.6) is 0 Å². The van der Waals surface area contributed by atoms with E-state index in [1.165, 1.54) is 12.6 Å². The molecule has 1 aliphatic carbocycles. The van der Waals surface area contributed by atoms with E-state index in [4.69, 9.17) is 16.7 Å². The topological polar surface area (TPSA) is 75.4 Å². The molecule has 3 atom stereocenters. The van der Waals surface area contributed by atoms with Crippen LogP contribution in [0.25, 0.3) is 0 Å². The molecule has 0 unspecified atom stereocenters. The maximum absolute atomic E-state index is 12.3. The van der Waals surface area contributed by atoms with Crippen molar-refractivity contribution in [3.63, 3.8) is 0 Å². The number of nitrogens with zero attached hydrogens (tertiary/aromatic N) is 3. The van der Waals surface area contributed by atoms with E-state index >= 15 is 0 Å². The van der Waals surface area contributed by atoms with E-state index in [0.29, 0.717) is 23.7 Å². The van der Waals surface area contributed by atoms with Gasteiger partial charge in [-0.3, -0.25) is 9.59 Å². The van der Waals surface area contributed by atoms with Crippen molar-refractivity contribution < 1.29 is 9.90 Å². The van der Waals surface area contributed by atoms with Crippen molar-refractivity contribution in [2.45, 2.75) is 58.7 Å². The molecule has 7 heteroatoms. The van der Waals surface area contributed by atoms with Gasteiger partial charge in [0.1, 0.15) is 11.6 Å². The van der Waals surface area contributed by atoms with Crippen molar-refractivity contribution in [1.82, 2.24) is 9.78 Å². The van der Waals surface area contributed by atoms with Gasteiger partial charge in [0.2, 0.25) is 0 Å². The molecule has 2 heterocycles. The Bertz CT molecular complexity index is 700. The van der Waals surface area contributed by atoms with Crippen LogP contribution in [-0.4, -0.2) is 32.9 Å². The van der Waals surface area contributed by atoms with Gasteiger partial charge in [-0.1, -0.05) is 25.4 Å². The van der Waals surface area contributed by atoms with Crippen LogP contribution in [0.1, 0.15) is 40.0 Å². The molecule has 0 aromatic carbocycles. The van der Waals surface area contributed by atoms with Crippen LogP contribution in [0.4, 0.5) is 5.69 Å². The molecule has 2 bridgehead atoms. The second-order valence-electron chi connectivity index (χ2n) is 7.57. The molecule has 1 saturated heterocycles. The zero-order valence-electron chi connectivity index (χ0n) is 13.6. The molecule has 1 N–H and O–H groups in total. The maximum atomic E-state index is 12.3. The Balaban J connectivity index is 1.98. The quantitative estimate of drug-likeness (QED) is 0.915. The highest BCUT2D eigenvalue weighted by Gasteiger charge is 2.47. The van der Waals surface area contributed by atoms with Gasteiger partial charge in [-0.15, -0.1) is 0 Å². The molecule has 23 heavy (non-hydrogen) atoms. The number of carboxylic acids is 1. The predicted octanol–water partition coefficient (Wildman–Crippen LogP) is 2.38. The van der Waals surface area contributed by atoms with Crippen LogP contribution in [0, 0.1) is 11.3 Å². The van der Waals surface area contributed by atoms with E-state index in [1.807, 2.05) is 0 Å². The van der Waals surface area contributed by atoms with Crippen molar-refractivity contribution in [2.24, 2.45) is 11.3 Å². The number of hydrogen-bond donors (Lipinski definition) is 1. The molecule has 126 valence electrons. The van der Waals surface area contributed by atoms with Gasteiger partial charge < -0.3 is 10.0 Å². The lowest BCUT2D eigenvalue weighted by atomic mass is 9.71. The van der Waals surface area contributed by atoms with Crippen LogP contribution in [0.3, 0.4) is 0 Å². The minimum Gasteiger partial charge on any atom is -0.480 e. The lowest BCUT2D eigenvalue weighted by molar-refractivity contribution is -0.138. The lowest BCUT2D eigenvalue weighted by Crippen LogP contribution is -2.38. The van der Waals surface area contributed by atoms with E-state index in [0.717, 1.165) is 17.5 Å². The Kier molecular flexibility index (Phi) is 3.91. The van der Waals surface area contributed by atoms with Gasteiger partial charge in [0.25, 0.3) is 5.56 Å². The standard InChI is InChI=1S/C16H22ClN3O3/c1-9-10-4-11(6-16(2,3)5-10)20(9)12-7-18-19(8-13(21)22)15(23)14(12)17/h7,9-11H,4-6,8H2,1-3H3,(H,21,22)/t9-,10-,11-/m0/s1. The zero-order chi connectivity index (χ0) is 16.9. The summed E-state index contributed by atoms with van der Waals surface area (Å²) in [6.07, 6.45) is 4.88. The summed E-state index contributed by atoms with van der Waals surface area (Å²) in [7, 11) is 0. The smallest absolute Gasteiger partial charge is 0.325 e. The molecule has 6 nitrogen and oxygen atoms in total. The summed E-state index contributed by atoms with van der Waals surface area (Å²) in [6.45, 7) is 6.26. The second-order valence-corrected chi connectivity index (χ2v) is 7.95. The number of aliphatic carboxylic acids is 1. The summed E-state index contributed by atoms with van der Waals surface area (Å²) in [5, 5.41) is 12.9. The lowest BCUT2D eigenvalue weighted by Gasteiger charge is -2.35. The van der Waals surface area contributed by atoms with Crippen molar-refractivity contribution in [3.8, 4) is 0 Å². The first kappa shape index (κ1) is 16.3. The third-order valence-electron chi connectivity index (χ3n) is 5.22. The Morgan fingerprint density at radius 3 is 2.83 bits per heavy atom. The monoisotopic (exact) mass is 339 g/mol. The number of carbonyl (C=O) groups is 1. The summed E-state index contributed by atoms with van der Waals surface area (Å²) < 4.78 is 0.894. The number of halogens is 1. The minimum atomic E-state index is -1.12. The van der Waals surface area contributed by atoms with E-state index < -0.39 is 18.1 Å². The second kappa shape index (κ2) is 5.51. The van der Waals surface area contributed by atoms with E-state index in [9.17, 15) is 9.59 Å². The van der Waals surface area contributed by atoms with Gasteiger partial charge in [0, 0.05) is 12.1 Å². The fourth-order valence-corrected chi connectivity index (χ4v) is 4.62. The van der Waals surface area contributed by atoms with Crippen LogP contribution >= 0.6 is 11.6 Å². The molecule has 1 saturated carbocycles. The molecule has 2 aliphatic rings. The normalized spacial score (nSPS) is 28.9. The largest absolute Gasteiger partial charge is 0.480 e. The molecule has 1 aromatic rings. The van der Waals surface area contributed by atoms with Gasteiger partial charge in [-0.05, 0) is 37.5 Å². The van der Waals surface area contributed by atoms with E-state index in [1.54, 1.807) is 0 Å². The first-order chi connectivity index (χ1) is 10.7. The van der Waals surface area contributed by atoms with E-state index in [2.05, 4.69) is 30.8 Å². The molecule has 3 rings (SSSR count). The third kappa shape index (κ3) is 2.84. The number of carboxylic acid groups (broad SMARTS) is 1. The number of anilines is 1. The fourth-order valence-electron chi connectivity index (χ4n) is 4.38. The summed E-state index contributed by atoms with van der Waals surface area (Å²) >= 11 is 6.28. The summed E-state index contributed by atoms with van der Waals surface area (Å²) in [5.41, 5.74) is 0.380. The fraction of sp³-hybridized carbons (Fsp3) is 0.688. The highest BCUT2D eigenvalue weighted by atomic mass is 35.5. The minimum absolute atomic E-state index is 0.0680. The van der Waals surface area contributed by atoms with Crippen LogP contribution in [-0.2, 0) is 11.3 Å². The average Bonchev–Trinajstić information content (AvgIpc) is 2.66. The third-order valence-corrected chi connectivity index (χ3v) is 5.58. The maximum Gasteiger partial charge on any atom is 0.325 e. The Labute approximate surface area is 140 Å². The number of fused-ring (bicyclic) bond motifs is 2. The predicted molar refractivity (Wildman–Crippen MR) is 88.0 cm³/mol. The van der Waals surface area contributed by atoms with Crippen LogP contribution < -0.4 is 10.5 Å². The number of rotatable bonds is 3.